The average molecular weight is 572 g/mol. The molecule has 1 saturated carbocycles. The number of aryl methyl sites for hydroxylation is 1. The summed E-state index contributed by atoms with van der Waals surface area (Å²) in [6.45, 7) is -0.273. The van der Waals surface area contributed by atoms with Gasteiger partial charge >= 0.3 is 6.03 Å². The number of nitrogens with one attached hydrogen (secondary N) is 3. The second-order valence-corrected chi connectivity index (χ2v) is 9.92. The maximum absolute atomic E-state index is 14.1. The van der Waals surface area contributed by atoms with Gasteiger partial charge in [-0.3, -0.25) is 9.59 Å². The Hall–Kier alpha value is -3.82. The van der Waals surface area contributed by atoms with Crippen LogP contribution in [-0.2, 0) is 9.53 Å². The summed E-state index contributed by atoms with van der Waals surface area (Å²) >= 11 is 0. The Balaban J connectivity index is 1.55. The van der Waals surface area contributed by atoms with Crippen molar-refractivity contribution in [2.45, 2.75) is 56.5 Å². The molecule has 0 radical (unpaired) electrons. The van der Waals surface area contributed by atoms with Gasteiger partial charge in [0.05, 0.1) is 25.7 Å². The number of pyridine rings is 1. The molecule has 2 atom stereocenters. The van der Waals surface area contributed by atoms with Crippen molar-refractivity contribution in [3.05, 3.63) is 35.3 Å². The van der Waals surface area contributed by atoms with Crippen LogP contribution in [0.15, 0.2) is 23.0 Å². The normalized spacial score (nSPS) is 20.4. The summed E-state index contributed by atoms with van der Waals surface area (Å²) in [4.78, 5) is 43.6. The van der Waals surface area contributed by atoms with Crippen LogP contribution in [0, 0.1) is 12.8 Å². The van der Waals surface area contributed by atoms with E-state index >= 15 is 0 Å². The zero-order chi connectivity index (χ0) is 29.1. The van der Waals surface area contributed by atoms with E-state index in [9.17, 15) is 31.9 Å². The highest BCUT2D eigenvalue weighted by atomic mass is 19.3. The van der Waals surface area contributed by atoms with Crippen LogP contribution < -0.4 is 16.0 Å². The van der Waals surface area contributed by atoms with E-state index < -0.39 is 73.6 Å². The third kappa shape index (κ3) is 6.84. The van der Waals surface area contributed by atoms with Gasteiger partial charge < -0.3 is 25.6 Å². The predicted octanol–water partition coefficient (Wildman–Crippen LogP) is 2.68. The standard InChI is InChI=1S/C24H29F4N7O5/c1-13-18(34-40-33-13)20(36)32-19(14-3-6-23(25,26)7-4-14)21(37)31-17-9-15(5-8-29-17)16(10-39-2)35-12-24(27,28)11-30-22(35)38/h5,8-9,14,16,19H,3-4,6-7,10-12H2,1-2H3,(H,30,38)(H,32,36)(H,29,31,37)/t16-,19+/m1/s1. The van der Waals surface area contributed by atoms with E-state index in [1.54, 1.807) is 0 Å². The topological polar surface area (TPSA) is 152 Å². The van der Waals surface area contributed by atoms with Crippen molar-refractivity contribution >= 4 is 23.7 Å². The molecule has 3 N–H and O–H groups in total. The maximum Gasteiger partial charge on any atom is 0.318 e. The number of urea groups is 1. The minimum Gasteiger partial charge on any atom is -0.382 e. The molecule has 2 fully saturated rings. The van der Waals surface area contributed by atoms with E-state index in [0.29, 0.717) is 5.56 Å². The van der Waals surface area contributed by atoms with Gasteiger partial charge in [-0.2, -0.15) is 0 Å². The number of carbonyl (C=O) groups is 3. The number of halogens is 4. The van der Waals surface area contributed by atoms with Crippen molar-refractivity contribution in [3.8, 4) is 0 Å². The Morgan fingerprint density at radius 2 is 1.95 bits per heavy atom. The fourth-order valence-corrected chi connectivity index (χ4v) is 4.83. The van der Waals surface area contributed by atoms with Crippen LogP contribution >= 0.6 is 0 Å². The summed E-state index contributed by atoms with van der Waals surface area (Å²) in [6.07, 6.45) is 0.368. The monoisotopic (exact) mass is 571 g/mol. The molecule has 12 nitrogen and oxygen atoms in total. The Kier molecular flexibility index (Phi) is 8.56. The molecular weight excluding hydrogens is 542 g/mol. The molecule has 40 heavy (non-hydrogen) atoms. The second-order valence-electron chi connectivity index (χ2n) is 9.92. The van der Waals surface area contributed by atoms with E-state index in [0.717, 1.165) is 4.90 Å². The number of methoxy groups -OCH3 is 1. The molecule has 1 aliphatic carbocycles. The zero-order valence-electron chi connectivity index (χ0n) is 21.8. The minimum absolute atomic E-state index is 0.00699. The number of aromatic nitrogens is 3. The lowest BCUT2D eigenvalue weighted by molar-refractivity contribution is -0.121. The van der Waals surface area contributed by atoms with Crippen molar-refractivity contribution in [3.63, 3.8) is 0 Å². The van der Waals surface area contributed by atoms with E-state index in [-0.39, 0.29) is 36.7 Å². The molecule has 4 amide bonds. The number of hydrogen-bond donors (Lipinski definition) is 3. The lowest BCUT2D eigenvalue weighted by atomic mass is 9.81. The van der Waals surface area contributed by atoms with Crippen molar-refractivity contribution < 1.29 is 41.3 Å². The predicted molar refractivity (Wildman–Crippen MR) is 130 cm³/mol. The molecule has 4 rings (SSSR count). The average Bonchev–Trinajstić information content (AvgIpc) is 3.33. The van der Waals surface area contributed by atoms with Crippen molar-refractivity contribution in [2.75, 3.05) is 32.1 Å². The molecule has 3 heterocycles. The third-order valence-electron chi connectivity index (χ3n) is 6.95. The second kappa shape index (κ2) is 11.7. The lowest BCUT2D eigenvalue weighted by Crippen LogP contribution is -2.58. The van der Waals surface area contributed by atoms with Gasteiger partial charge in [-0.1, -0.05) is 5.16 Å². The van der Waals surface area contributed by atoms with Gasteiger partial charge in [0.1, 0.15) is 17.6 Å². The molecular formula is C24H29F4N7O5. The van der Waals surface area contributed by atoms with Gasteiger partial charge in [0.25, 0.3) is 11.8 Å². The van der Waals surface area contributed by atoms with Crippen LogP contribution in [0.5, 0.6) is 0 Å². The molecule has 16 heteroatoms. The molecule has 2 aromatic rings. The molecule has 218 valence electrons. The molecule has 2 aromatic heterocycles. The Labute approximate surface area is 226 Å². The maximum atomic E-state index is 14.1. The van der Waals surface area contributed by atoms with E-state index in [1.807, 2.05) is 0 Å². The first kappa shape index (κ1) is 29.2. The number of ether oxygens (including phenoxy) is 1. The molecule has 2 aliphatic rings. The van der Waals surface area contributed by atoms with Crippen LogP contribution in [0.2, 0.25) is 0 Å². The first-order chi connectivity index (χ1) is 18.9. The fourth-order valence-electron chi connectivity index (χ4n) is 4.83. The summed E-state index contributed by atoms with van der Waals surface area (Å²) in [5.74, 6) is -8.15. The number of anilines is 1. The minimum atomic E-state index is -3.16. The first-order valence-corrected chi connectivity index (χ1v) is 12.5. The number of nitrogens with zero attached hydrogens (tertiary/aromatic N) is 4. The van der Waals surface area contributed by atoms with Gasteiger partial charge in [0, 0.05) is 26.1 Å². The molecule has 1 aliphatic heterocycles. The van der Waals surface area contributed by atoms with Gasteiger partial charge in [-0.05, 0) is 48.5 Å². The number of carbonyl (C=O) groups excluding carboxylic acids is 3. The molecule has 0 aromatic carbocycles. The van der Waals surface area contributed by atoms with Gasteiger partial charge in [-0.15, -0.1) is 0 Å². The number of rotatable bonds is 9. The van der Waals surface area contributed by atoms with Gasteiger partial charge in [0.2, 0.25) is 11.8 Å². The van der Waals surface area contributed by atoms with Gasteiger partial charge in [0.15, 0.2) is 5.69 Å². The van der Waals surface area contributed by atoms with Crippen LogP contribution in [0.4, 0.5) is 28.2 Å². The van der Waals surface area contributed by atoms with Crippen LogP contribution in [0.1, 0.15) is 53.5 Å². The molecule has 0 bridgehead atoms. The molecule has 1 saturated heterocycles. The van der Waals surface area contributed by atoms with E-state index in [1.165, 1.54) is 32.4 Å². The number of hydrogen-bond acceptors (Lipinski definition) is 8. The van der Waals surface area contributed by atoms with Gasteiger partial charge in [-0.25, -0.2) is 32.0 Å². The number of alkyl halides is 4. The summed E-state index contributed by atoms with van der Waals surface area (Å²) < 4.78 is 65.5. The third-order valence-corrected chi connectivity index (χ3v) is 6.95. The quantitative estimate of drug-likeness (QED) is 0.389. The van der Waals surface area contributed by atoms with Crippen molar-refractivity contribution in [1.82, 2.24) is 30.8 Å². The van der Waals surface area contributed by atoms with Crippen LogP contribution in [0.25, 0.3) is 0 Å². The smallest absolute Gasteiger partial charge is 0.318 e. The summed E-state index contributed by atoms with van der Waals surface area (Å²) in [6, 6.07) is 0.00795. The molecule has 0 spiro atoms. The largest absolute Gasteiger partial charge is 0.382 e. The Morgan fingerprint density at radius 3 is 2.60 bits per heavy atom. The summed E-state index contributed by atoms with van der Waals surface area (Å²) in [5, 5.41) is 14.3. The summed E-state index contributed by atoms with van der Waals surface area (Å²) in [7, 11) is 1.35. The first-order valence-electron chi connectivity index (χ1n) is 12.5. The van der Waals surface area contributed by atoms with Crippen molar-refractivity contribution in [1.29, 1.82) is 0 Å². The highest BCUT2D eigenvalue weighted by Gasteiger charge is 2.43. The highest BCUT2D eigenvalue weighted by molar-refractivity contribution is 6.00. The highest BCUT2D eigenvalue weighted by Crippen LogP contribution is 2.38. The van der Waals surface area contributed by atoms with Crippen LogP contribution in [-0.4, -0.2) is 82.7 Å². The Bertz CT molecular complexity index is 1230. The number of amides is 4. The summed E-state index contributed by atoms with van der Waals surface area (Å²) in [5.41, 5.74) is 0.373. The lowest BCUT2D eigenvalue weighted by Gasteiger charge is -2.38. The Morgan fingerprint density at radius 1 is 1.23 bits per heavy atom. The van der Waals surface area contributed by atoms with E-state index in [4.69, 9.17) is 4.74 Å². The fraction of sp³-hybridized carbons (Fsp3) is 0.583. The van der Waals surface area contributed by atoms with Crippen molar-refractivity contribution in [2.24, 2.45) is 5.92 Å². The van der Waals surface area contributed by atoms with E-state index in [2.05, 4.69) is 35.9 Å². The zero-order valence-corrected chi connectivity index (χ0v) is 21.8. The molecule has 0 unspecified atom stereocenters. The van der Waals surface area contributed by atoms with Crippen LogP contribution in [0.3, 0.4) is 0 Å². The SMILES string of the molecule is COC[C@H](c1ccnc(NC(=O)[C@@H](NC(=O)c2nonc2C)C2CCC(F)(F)CC2)c1)N1CC(F)(F)CNC1=O.